The van der Waals surface area contributed by atoms with Gasteiger partial charge in [0.2, 0.25) is 0 Å². The molecule has 0 saturated heterocycles. The average Bonchev–Trinajstić information content (AvgIpc) is 3.56. The van der Waals surface area contributed by atoms with Gasteiger partial charge in [0.25, 0.3) is 0 Å². The Kier molecular flexibility index (Phi) is 8.15. The molecule has 4 heteroatoms. The molecule has 3 aromatic heterocycles. The van der Waals surface area contributed by atoms with Crippen LogP contribution in [0.5, 0.6) is 0 Å². The summed E-state index contributed by atoms with van der Waals surface area (Å²) in [5, 5.41) is 10.1. The summed E-state index contributed by atoms with van der Waals surface area (Å²) in [5.41, 5.74) is 6.06. The van der Waals surface area contributed by atoms with Crippen LogP contribution < -0.4 is 0 Å². The van der Waals surface area contributed by atoms with E-state index in [2.05, 4.69) is 91.6 Å². The fraction of sp³-hybridized carbons (Fsp3) is 0.174. The zero-order chi connectivity index (χ0) is 33.9. The summed E-state index contributed by atoms with van der Waals surface area (Å²) >= 11 is 0. The minimum absolute atomic E-state index is 0. The number of fused-ring (bicyclic) bond motifs is 12. The molecular weight excluding hydrogens is 789 g/mol. The van der Waals surface area contributed by atoms with Crippen molar-refractivity contribution in [1.82, 2.24) is 9.97 Å². The monoisotopic (exact) mass is 826 g/mol. The van der Waals surface area contributed by atoms with Crippen LogP contribution >= 0.6 is 0 Å². The zero-order valence-electron chi connectivity index (χ0n) is 29.1. The van der Waals surface area contributed by atoms with Gasteiger partial charge in [0.15, 0.2) is 0 Å². The first kappa shape index (κ1) is 31.1. The van der Waals surface area contributed by atoms with Gasteiger partial charge in [0.05, 0.1) is 0 Å². The summed E-state index contributed by atoms with van der Waals surface area (Å²) in [6.07, 6.45) is 7.46. The van der Waals surface area contributed by atoms with Gasteiger partial charge in [-0.3, -0.25) is 0 Å². The fourth-order valence-corrected chi connectivity index (χ4v) is 7.71. The van der Waals surface area contributed by atoms with Crippen molar-refractivity contribution in [2.24, 2.45) is 5.41 Å². The van der Waals surface area contributed by atoms with Crippen molar-refractivity contribution < 1.29 is 25.9 Å². The molecule has 1 fully saturated rings. The summed E-state index contributed by atoms with van der Waals surface area (Å²) < 4.78 is 16.5. The number of rotatable bonds is 2. The predicted molar refractivity (Wildman–Crippen MR) is 204 cm³/mol. The molecule has 50 heavy (non-hydrogen) atoms. The Bertz CT molecular complexity index is 2660. The van der Waals surface area contributed by atoms with Gasteiger partial charge in [-0.2, -0.15) is 0 Å². The van der Waals surface area contributed by atoms with Crippen molar-refractivity contribution >= 4 is 65.2 Å². The van der Waals surface area contributed by atoms with Crippen molar-refractivity contribution in [3.05, 3.63) is 145 Å². The van der Waals surface area contributed by atoms with E-state index in [0.29, 0.717) is 0 Å². The van der Waals surface area contributed by atoms with Gasteiger partial charge in [0, 0.05) is 50.0 Å². The number of aromatic nitrogens is 2. The normalized spacial score (nSPS) is 15.5. The molecule has 0 spiro atoms. The largest absolute Gasteiger partial charge is 0.455 e. The molecule has 3 nitrogen and oxygen atoms in total. The second kappa shape index (κ2) is 13.1. The second-order valence-electron chi connectivity index (χ2n) is 13.9. The Morgan fingerprint density at radius 3 is 2.28 bits per heavy atom. The number of hydrogen-bond donors (Lipinski definition) is 0. The third-order valence-corrected chi connectivity index (χ3v) is 10.4. The third kappa shape index (κ3) is 5.57. The van der Waals surface area contributed by atoms with Crippen LogP contribution in [0, 0.1) is 17.5 Å². The van der Waals surface area contributed by atoms with Crippen LogP contribution in [0.3, 0.4) is 0 Å². The Hall–Kier alpha value is -4.89. The topological polar surface area (TPSA) is 38.9 Å². The van der Waals surface area contributed by atoms with E-state index < -0.39 is 5.89 Å². The van der Waals surface area contributed by atoms with Crippen LogP contribution in [0.25, 0.3) is 76.4 Å². The number of benzene rings is 6. The zero-order valence-corrected chi connectivity index (χ0v) is 30.5. The molecule has 6 aromatic carbocycles. The van der Waals surface area contributed by atoms with Gasteiger partial charge in [0.1, 0.15) is 11.2 Å². The van der Waals surface area contributed by atoms with Crippen LogP contribution in [-0.2, 0) is 20.1 Å². The standard InChI is InChI=1S/C35H28NO.C11H8N.Ir/c1-35(2)18-15-22(16-19-35)24-17-20-36-33-27-10-6-5-9-25(27)26-12-13-28-30-23-8-4-3-7-21(23)11-14-29(30)37-34(28)32(26)31(24)33;1-2-6-10(7-3-1)11-8-4-5-9-12-11;/h3-9,11-14,17,20,22H,15-16,18-19H2,1-2H3;1-6,8-9H;/q2*-1;/i22D;;. The van der Waals surface area contributed by atoms with E-state index in [1.165, 1.54) is 10.8 Å². The molecule has 1 radical (unpaired) electrons. The Balaban J connectivity index is 0.000000245. The SMILES string of the molecule is [2H]C1(c2ccnc3c4[c-]cccc4c4ccc5c(oc6ccc7ccccc7c65)c4c23)CCC(C)(C)CC1.[Ir].[c-]1ccccc1-c1ccccn1. The molecule has 1 aliphatic rings. The molecule has 10 rings (SSSR count). The smallest absolute Gasteiger partial charge is 0.142 e. The van der Waals surface area contributed by atoms with Gasteiger partial charge in [-0.25, -0.2) is 0 Å². The van der Waals surface area contributed by atoms with Crippen molar-refractivity contribution in [1.29, 1.82) is 0 Å². The van der Waals surface area contributed by atoms with Gasteiger partial charge in [-0.15, -0.1) is 65.5 Å². The van der Waals surface area contributed by atoms with Crippen LogP contribution in [0.15, 0.2) is 132 Å². The molecule has 9 aromatic rings. The Labute approximate surface area is 307 Å². The van der Waals surface area contributed by atoms with E-state index in [9.17, 15) is 1.37 Å². The van der Waals surface area contributed by atoms with Crippen LogP contribution in [0.4, 0.5) is 0 Å². The Morgan fingerprint density at radius 2 is 1.46 bits per heavy atom. The molecular formula is C46H36IrN2O-2. The summed E-state index contributed by atoms with van der Waals surface area (Å²) in [5.74, 6) is -0.660. The maximum Gasteiger partial charge on any atom is 0.142 e. The number of furan rings is 1. The summed E-state index contributed by atoms with van der Waals surface area (Å²) in [6.45, 7) is 4.66. The minimum atomic E-state index is -0.660. The van der Waals surface area contributed by atoms with Gasteiger partial charge in [-0.1, -0.05) is 73.8 Å². The second-order valence-corrected chi connectivity index (χ2v) is 13.9. The first-order valence-electron chi connectivity index (χ1n) is 17.7. The number of pyridine rings is 2. The van der Waals surface area contributed by atoms with E-state index in [-0.39, 0.29) is 25.5 Å². The quantitative estimate of drug-likeness (QED) is 0.129. The molecule has 0 unspecified atom stereocenters. The predicted octanol–water partition coefficient (Wildman–Crippen LogP) is 12.6. The van der Waals surface area contributed by atoms with E-state index in [4.69, 9.17) is 9.40 Å². The molecule has 3 heterocycles. The molecule has 0 aliphatic heterocycles. The van der Waals surface area contributed by atoms with Crippen molar-refractivity contribution in [3.63, 3.8) is 0 Å². The molecule has 0 N–H and O–H groups in total. The van der Waals surface area contributed by atoms with Crippen LogP contribution in [-0.4, -0.2) is 9.97 Å². The fourth-order valence-electron chi connectivity index (χ4n) is 7.71. The van der Waals surface area contributed by atoms with E-state index >= 15 is 0 Å². The van der Waals surface area contributed by atoms with Gasteiger partial charge < -0.3 is 14.4 Å². The van der Waals surface area contributed by atoms with Crippen molar-refractivity contribution in [2.75, 3.05) is 0 Å². The summed E-state index contributed by atoms with van der Waals surface area (Å²) in [4.78, 5) is 9.15. The van der Waals surface area contributed by atoms with Crippen molar-refractivity contribution in [2.45, 2.75) is 45.4 Å². The molecule has 1 aliphatic carbocycles. The number of nitrogens with zero attached hydrogens (tertiary/aromatic N) is 2. The average molecular weight is 826 g/mol. The van der Waals surface area contributed by atoms with E-state index in [0.717, 1.165) is 96.9 Å². The first-order valence-corrected chi connectivity index (χ1v) is 17.2. The van der Waals surface area contributed by atoms with Crippen LogP contribution in [0.1, 0.15) is 52.4 Å². The van der Waals surface area contributed by atoms with Gasteiger partial charge >= 0.3 is 0 Å². The summed E-state index contributed by atoms with van der Waals surface area (Å²) in [6, 6.07) is 45.8. The molecule has 1 saturated carbocycles. The van der Waals surface area contributed by atoms with Crippen LogP contribution in [0.2, 0.25) is 0 Å². The molecule has 0 bridgehead atoms. The Morgan fingerprint density at radius 1 is 0.680 bits per heavy atom. The molecule has 0 amide bonds. The maximum atomic E-state index is 9.76. The van der Waals surface area contributed by atoms with Gasteiger partial charge in [-0.05, 0) is 93.5 Å². The molecule has 0 atom stereocenters. The maximum absolute atomic E-state index is 9.76. The molecule has 247 valence electrons. The third-order valence-electron chi connectivity index (χ3n) is 10.4. The minimum Gasteiger partial charge on any atom is -0.455 e. The van der Waals surface area contributed by atoms with E-state index in [1.54, 1.807) is 6.20 Å². The van der Waals surface area contributed by atoms with Crippen molar-refractivity contribution in [3.8, 4) is 11.3 Å². The summed E-state index contributed by atoms with van der Waals surface area (Å²) in [7, 11) is 0. The van der Waals surface area contributed by atoms with E-state index in [1.807, 2.05) is 60.8 Å². The number of hydrogen-bond acceptors (Lipinski definition) is 3. The first-order chi connectivity index (χ1) is 24.4.